The molecule has 1 aromatic rings. The molecule has 3 nitrogen and oxygen atoms in total. The molecule has 2 atom stereocenters. The monoisotopic (exact) mass is 408 g/mol. The maximum absolute atomic E-state index is 9.40. The Bertz CT molecular complexity index is 397. The van der Waals surface area contributed by atoms with Gasteiger partial charge in [0.1, 0.15) is 12.4 Å². The zero-order valence-electron chi connectivity index (χ0n) is 12.2. The van der Waals surface area contributed by atoms with Gasteiger partial charge in [0.25, 0.3) is 0 Å². The molecule has 1 fully saturated rings. The third kappa shape index (κ3) is 6.57. The summed E-state index contributed by atoms with van der Waals surface area (Å²) >= 11 is 6.87. The van der Waals surface area contributed by atoms with E-state index >= 15 is 0 Å². The van der Waals surface area contributed by atoms with Crippen LogP contribution in [0.5, 0.6) is 5.75 Å². The Morgan fingerprint density at radius 1 is 1.35 bits per heavy atom. The van der Waals surface area contributed by atoms with Crippen molar-refractivity contribution in [2.45, 2.75) is 45.8 Å². The van der Waals surface area contributed by atoms with Crippen molar-refractivity contribution >= 4 is 31.9 Å². The number of aliphatic hydroxyl groups is 1. The largest absolute Gasteiger partial charge is 0.489 e. The molecule has 20 heavy (non-hydrogen) atoms. The first kappa shape index (κ1) is 18.0. The highest BCUT2D eigenvalue weighted by atomic mass is 79.9. The number of aliphatic hydroxyl groups excluding tert-OH is 1. The summed E-state index contributed by atoms with van der Waals surface area (Å²) < 4.78 is 12.2. The smallest absolute Gasteiger partial charge is 0.147 e. The van der Waals surface area contributed by atoms with Crippen molar-refractivity contribution in [1.29, 1.82) is 0 Å². The van der Waals surface area contributed by atoms with E-state index in [-0.39, 0.29) is 0 Å². The Balaban J connectivity index is 0.000000333. The number of epoxide rings is 1. The third-order valence-electron chi connectivity index (χ3n) is 2.89. The minimum atomic E-state index is -0.412. The van der Waals surface area contributed by atoms with Crippen LogP contribution in [0.15, 0.2) is 21.1 Å². The molecule has 0 radical (unpaired) electrons. The van der Waals surface area contributed by atoms with Crippen LogP contribution in [-0.4, -0.2) is 30.5 Å². The van der Waals surface area contributed by atoms with Crippen molar-refractivity contribution in [3.63, 3.8) is 0 Å². The minimum Gasteiger partial charge on any atom is -0.489 e. The summed E-state index contributed by atoms with van der Waals surface area (Å²) in [7, 11) is 0. The highest BCUT2D eigenvalue weighted by molar-refractivity contribution is 9.11. The van der Waals surface area contributed by atoms with Crippen LogP contribution in [0.4, 0.5) is 0 Å². The molecule has 2 rings (SSSR count). The molecule has 0 bridgehead atoms. The minimum absolute atomic E-state index is 0.316. The van der Waals surface area contributed by atoms with Crippen LogP contribution in [0.3, 0.4) is 0 Å². The van der Waals surface area contributed by atoms with E-state index in [1.54, 1.807) is 0 Å². The van der Waals surface area contributed by atoms with Gasteiger partial charge in [-0.25, -0.2) is 0 Å². The second-order valence-corrected chi connectivity index (χ2v) is 6.50. The first-order valence-corrected chi connectivity index (χ1v) is 8.44. The predicted octanol–water partition coefficient (Wildman–Crippen LogP) is 4.46. The fraction of sp³-hybridized carbons (Fsp3) is 0.600. The molecule has 5 heteroatoms. The molecule has 2 unspecified atom stereocenters. The molecule has 0 aromatic heterocycles. The van der Waals surface area contributed by atoms with Crippen molar-refractivity contribution in [2.75, 3.05) is 13.2 Å². The van der Waals surface area contributed by atoms with Gasteiger partial charge in [0.2, 0.25) is 0 Å². The van der Waals surface area contributed by atoms with Crippen molar-refractivity contribution in [3.8, 4) is 5.75 Å². The molecular formula is C15H22Br2O3. The molecule has 0 spiro atoms. The van der Waals surface area contributed by atoms with Gasteiger partial charge in [0.05, 0.1) is 27.8 Å². The molecule has 1 aliphatic heterocycles. The van der Waals surface area contributed by atoms with Crippen molar-refractivity contribution in [1.82, 2.24) is 0 Å². The summed E-state index contributed by atoms with van der Waals surface area (Å²) in [6.07, 6.45) is 2.11. The zero-order chi connectivity index (χ0) is 15.1. The first-order valence-electron chi connectivity index (χ1n) is 6.86. The summed E-state index contributed by atoms with van der Waals surface area (Å²) in [5, 5.41) is 9.40. The lowest BCUT2D eigenvalue weighted by Gasteiger charge is -2.13. The van der Waals surface area contributed by atoms with Crippen LogP contribution in [0.25, 0.3) is 0 Å². The van der Waals surface area contributed by atoms with Crippen LogP contribution in [-0.2, 0) is 4.74 Å². The summed E-state index contributed by atoms with van der Waals surface area (Å²) in [6.45, 7) is 7.40. The van der Waals surface area contributed by atoms with Crippen molar-refractivity contribution in [3.05, 3.63) is 26.6 Å². The lowest BCUT2D eigenvalue weighted by molar-refractivity contribution is 0.103. The quantitative estimate of drug-likeness (QED) is 0.729. The van der Waals surface area contributed by atoms with Gasteiger partial charge in [-0.3, -0.25) is 0 Å². The molecule has 1 saturated heterocycles. The molecule has 1 aromatic carbocycles. The van der Waals surface area contributed by atoms with Crippen LogP contribution >= 0.6 is 31.9 Å². The molecule has 1 aliphatic rings. The van der Waals surface area contributed by atoms with E-state index in [9.17, 15) is 5.11 Å². The van der Waals surface area contributed by atoms with Gasteiger partial charge in [-0.1, -0.05) is 13.8 Å². The van der Waals surface area contributed by atoms with Gasteiger partial charge in [-0.15, -0.1) is 0 Å². The zero-order valence-corrected chi connectivity index (χ0v) is 15.3. The summed E-state index contributed by atoms with van der Waals surface area (Å²) in [4.78, 5) is 0. The number of benzene rings is 1. The maximum atomic E-state index is 9.40. The lowest BCUT2D eigenvalue weighted by atomic mass is 10.2. The molecule has 1 heterocycles. The van der Waals surface area contributed by atoms with Crippen LogP contribution in [0.1, 0.15) is 32.3 Å². The maximum Gasteiger partial charge on any atom is 0.147 e. The number of ether oxygens (including phenoxy) is 2. The Morgan fingerprint density at radius 2 is 1.90 bits per heavy atom. The molecular weight excluding hydrogens is 388 g/mol. The Labute approximate surface area is 137 Å². The predicted molar refractivity (Wildman–Crippen MR) is 88.4 cm³/mol. The van der Waals surface area contributed by atoms with Gasteiger partial charge in [-0.2, -0.15) is 0 Å². The number of hydrogen-bond acceptors (Lipinski definition) is 3. The van der Waals surface area contributed by atoms with Gasteiger partial charge in [0, 0.05) is 0 Å². The van der Waals surface area contributed by atoms with E-state index in [1.807, 2.05) is 26.0 Å². The highest BCUT2D eigenvalue weighted by Gasteiger charge is 2.18. The molecule has 0 amide bonds. The van der Waals surface area contributed by atoms with Gasteiger partial charge >= 0.3 is 0 Å². The number of aryl methyl sites for hydroxylation is 1. The average Bonchev–Trinajstić information content (AvgIpc) is 3.21. The van der Waals surface area contributed by atoms with Crippen LogP contribution in [0.2, 0.25) is 0 Å². The van der Waals surface area contributed by atoms with E-state index < -0.39 is 6.10 Å². The van der Waals surface area contributed by atoms with Crippen LogP contribution < -0.4 is 4.74 Å². The molecule has 0 aliphatic carbocycles. The van der Waals surface area contributed by atoms with E-state index in [4.69, 9.17) is 9.47 Å². The Hall–Kier alpha value is -0.100. The fourth-order valence-corrected chi connectivity index (χ4v) is 3.07. The number of hydrogen-bond donors (Lipinski definition) is 1. The Morgan fingerprint density at radius 3 is 2.25 bits per heavy atom. The molecule has 114 valence electrons. The lowest BCUT2D eigenvalue weighted by Crippen LogP contribution is -2.16. The second-order valence-electron chi connectivity index (χ2n) is 4.79. The van der Waals surface area contributed by atoms with Crippen molar-refractivity contribution in [2.24, 2.45) is 0 Å². The average molecular weight is 410 g/mol. The summed E-state index contributed by atoms with van der Waals surface area (Å²) in [5.41, 5.74) is 1.15. The van der Waals surface area contributed by atoms with Crippen LogP contribution in [0, 0.1) is 6.92 Å². The Kier molecular flexibility index (Phi) is 8.10. The standard InChI is InChI=1S/C11H14Br2O2.C4H8O/c1-3-8(14)6-15-11-9(12)4-7(2)5-10(11)13;1-2-4-3-5-4/h4-5,8,14H,3,6H2,1-2H3;4H,2-3H2,1H3. The van der Waals surface area contributed by atoms with Crippen molar-refractivity contribution < 1.29 is 14.6 Å². The van der Waals surface area contributed by atoms with E-state index in [2.05, 4.69) is 38.8 Å². The first-order chi connectivity index (χ1) is 9.47. The SMILES string of the molecule is CCC(O)COc1c(Br)cc(C)cc1Br.CCC1CO1. The summed E-state index contributed by atoms with van der Waals surface area (Å²) in [6, 6.07) is 3.97. The van der Waals surface area contributed by atoms with E-state index in [0.717, 1.165) is 26.9 Å². The van der Waals surface area contributed by atoms with Gasteiger partial charge in [0.15, 0.2) is 0 Å². The van der Waals surface area contributed by atoms with Gasteiger partial charge < -0.3 is 14.6 Å². The van der Waals surface area contributed by atoms with E-state index in [0.29, 0.717) is 19.1 Å². The third-order valence-corrected chi connectivity index (χ3v) is 4.07. The van der Waals surface area contributed by atoms with E-state index in [1.165, 1.54) is 6.42 Å². The number of rotatable bonds is 5. The summed E-state index contributed by atoms with van der Waals surface area (Å²) in [5.74, 6) is 0.744. The normalized spacial score (nSPS) is 18.0. The van der Waals surface area contributed by atoms with Gasteiger partial charge in [-0.05, 0) is 69.3 Å². The molecule has 1 N–H and O–H groups in total. The topological polar surface area (TPSA) is 42.0 Å². The highest BCUT2D eigenvalue weighted by Crippen LogP contribution is 2.34. The fourth-order valence-electron chi connectivity index (χ4n) is 1.43. The second kappa shape index (κ2) is 9.03. The number of halogens is 2. The molecule has 0 saturated carbocycles.